The predicted molar refractivity (Wildman–Crippen MR) is 101 cm³/mol. The SMILES string of the molecule is CCN(/C=C(/C#N)C(=O)N1CCN(CCN)CC1)CCc1ccncc1. The second-order valence-corrected chi connectivity index (χ2v) is 6.31. The van der Waals surface area contributed by atoms with E-state index >= 15 is 0 Å². The predicted octanol–water partition coefficient (Wildman–Crippen LogP) is 0.456. The molecular weight excluding hydrogens is 328 g/mol. The Morgan fingerprint density at radius 1 is 1.35 bits per heavy atom. The first-order chi connectivity index (χ1) is 12.7. The molecule has 0 aromatic carbocycles. The van der Waals surface area contributed by atoms with Crippen LogP contribution in [0.1, 0.15) is 12.5 Å². The minimum atomic E-state index is -0.178. The van der Waals surface area contributed by atoms with E-state index in [2.05, 4.69) is 16.0 Å². The van der Waals surface area contributed by atoms with Crippen LogP contribution in [-0.2, 0) is 11.2 Å². The van der Waals surface area contributed by atoms with Crippen molar-refractivity contribution < 1.29 is 4.79 Å². The lowest BCUT2D eigenvalue weighted by Gasteiger charge is -2.34. The highest BCUT2D eigenvalue weighted by Gasteiger charge is 2.23. The monoisotopic (exact) mass is 356 g/mol. The van der Waals surface area contributed by atoms with Crippen molar-refractivity contribution >= 4 is 5.91 Å². The highest BCUT2D eigenvalue weighted by molar-refractivity contribution is 5.97. The van der Waals surface area contributed by atoms with Crippen molar-refractivity contribution in [2.75, 3.05) is 52.4 Å². The Morgan fingerprint density at radius 3 is 2.62 bits per heavy atom. The third-order valence-corrected chi connectivity index (χ3v) is 4.61. The molecular formula is C19H28N6O. The maximum absolute atomic E-state index is 12.7. The van der Waals surface area contributed by atoms with Crippen LogP contribution in [0, 0.1) is 11.3 Å². The Morgan fingerprint density at radius 2 is 2.04 bits per heavy atom. The lowest BCUT2D eigenvalue weighted by molar-refractivity contribution is -0.128. The number of hydrogen-bond acceptors (Lipinski definition) is 6. The topological polar surface area (TPSA) is 89.5 Å². The number of aromatic nitrogens is 1. The number of piperazine rings is 1. The molecule has 2 heterocycles. The maximum Gasteiger partial charge on any atom is 0.266 e. The number of nitriles is 1. The fourth-order valence-electron chi connectivity index (χ4n) is 2.98. The molecule has 0 unspecified atom stereocenters. The van der Waals surface area contributed by atoms with Crippen LogP contribution < -0.4 is 5.73 Å². The van der Waals surface area contributed by atoms with Crippen molar-refractivity contribution in [2.24, 2.45) is 5.73 Å². The lowest BCUT2D eigenvalue weighted by atomic mass is 10.2. The smallest absolute Gasteiger partial charge is 0.266 e. The van der Waals surface area contributed by atoms with E-state index in [1.807, 2.05) is 24.0 Å². The van der Waals surface area contributed by atoms with Crippen LogP contribution in [0.25, 0.3) is 0 Å². The zero-order chi connectivity index (χ0) is 18.8. The number of rotatable bonds is 8. The maximum atomic E-state index is 12.7. The summed E-state index contributed by atoms with van der Waals surface area (Å²) >= 11 is 0. The van der Waals surface area contributed by atoms with Gasteiger partial charge in [0.25, 0.3) is 5.91 Å². The van der Waals surface area contributed by atoms with Gasteiger partial charge >= 0.3 is 0 Å². The Bertz CT molecular complexity index is 631. The molecule has 1 amide bonds. The van der Waals surface area contributed by atoms with Gasteiger partial charge < -0.3 is 15.5 Å². The number of likely N-dealkylation sites (N-methyl/N-ethyl adjacent to an activating group) is 1. The summed E-state index contributed by atoms with van der Waals surface area (Å²) in [7, 11) is 0. The number of amides is 1. The molecule has 1 saturated heterocycles. The molecule has 140 valence electrons. The van der Waals surface area contributed by atoms with Crippen molar-refractivity contribution in [1.29, 1.82) is 5.26 Å². The zero-order valence-electron chi connectivity index (χ0n) is 15.5. The van der Waals surface area contributed by atoms with Crippen LogP contribution in [-0.4, -0.2) is 77.9 Å². The van der Waals surface area contributed by atoms with Crippen molar-refractivity contribution in [3.05, 3.63) is 41.9 Å². The number of carbonyl (C=O) groups excluding carboxylic acids is 1. The molecule has 1 aliphatic heterocycles. The average molecular weight is 356 g/mol. The first kappa shape index (κ1) is 19.9. The third kappa shape index (κ3) is 5.83. The number of nitrogens with zero attached hydrogens (tertiary/aromatic N) is 5. The summed E-state index contributed by atoms with van der Waals surface area (Å²) in [6.07, 6.45) is 6.10. The van der Waals surface area contributed by atoms with E-state index in [0.29, 0.717) is 19.6 Å². The highest BCUT2D eigenvalue weighted by atomic mass is 16.2. The summed E-state index contributed by atoms with van der Waals surface area (Å²) in [4.78, 5) is 22.7. The molecule has 1 aromatic heterocycles. The van der Waals surface area contributed by atoms with Gasteiger partial charge in [0.1, 0.15) is 11.6 Å². The van der Waals surface area contributed by atoms with E-state index in [1.54, 1.807) is 23.5 Å². The van der Waals surface area contributed by atoms with E-state index < -0.39 is 0 Å². The second kappa shape index (κ2) is 10.5. The first-order valence-corrected chi connectivity index (χ1v) is 9.14. The minimum absolute atomic E-state index is 0.178. The van der Waals surface area contributed by atoms with Gasteiger partial charge in [-0.3, -0.25) is 14.7 Å². The molecule has 0 spiro atoms. The number of nitrogens with two attached hydrogens (primary N) is 1. The van der Waals surface area contributed by atoms with Gasteiger partial charge in [-0.05, 0) is 31.0 Å². The molecule has 0 atom stereocenters. The number of carbonyl (C=O) groups is 1. The summed E-state index contributed by atoms with van der Waals surface area (Å²) in [6.45, 7) is 7.89. The van der Waals surface area contributed by atoms with Gasteiger partial charge in [-0.15, -0.1) is 0 Å². The largest absolute Gasteiger partial charge is 0.376 e. The summed E-state index contributed by atoms with van der Waals surface area (Å²) in [5, 5.41) is 9.47. The molecule has 2 rings (SSSR count). The van der Waals surface area contributed by atoms with Gasteiger partial charge in [-0.1, -0.05) is 0 Å². The molecule has 1 fully saturated rings. The van der Waals surface area contributed by atoms with E-state index in [9.17, 15) is 10.1 Å². The Hall–Kier alpha value is -2.43. The van der Waals surface area contributed by atoms with Crippen LogP contribution in [0.5, 0.6) is 0 Å². The minimum Gasteiger partial charge on any atom is -0.376 e. The van der Waals surface area contributed by atoms with Gasteiger partial charge in [-0.2, -0.15) is 5.26 Å². The van der Waals surface area contributed by atoms with Gasteiger partial charge in [0, 0.05) is 71.0 Å². The zero-order valence-corrected chi connectivity index (χ0v) is 15.5. The van der Waals surface area contributed by atoms with E-state index in [1.165, 1.54) is 5.56 Å². The van der Waals surface area contributed by atoms with E-state index in [4.69, 9.17) is 5.73 Å². The van der Waals surface area contributed by atoms with Crippen molar-refractivity contribution in [3.8, 4) is 6.07 Å². The van der Waals surface area contributed by atoms with Crippen molar-refractivity contribution in [1.82, 2.24) is 19.7 Å². The van der Waals surface area contributed by atoms with Gasteiger partial charge in [0.05, 0.1) is 0 Å². The standard InChI is InChI=1S/C19H28N6O/c1-2-23(9-5-17-3-7-22-8-4-17)16-18(15-21)19(26)25-13-11-24(10-6-20)12-14-25/h3-4,7-8,16H,2,5-6,9-14,20H2,1H3/b18-16-. The molecule has 26 heavy (non-hydrogen) atoms. The first-order valence-electron chi connectivity index (χ1n) is 9.14. The van der Waals surface area contributed by atoms with Crippen LogP contribution in [0.4, 0.5) is 0 Å². The molecule has 0 bridgehead atoms. The fraction of sp³-hybridized carbons (Fsp3) is 0.526. The summed E-state index contributed by atoms with van der Waals surface area (Å²) in [5.74, 6) is -0.178. The summed E-state index contributed by atoms with van der Waals surface area (Å²) < 4.78 is 0. The van der Waals surface area contributed by atoms with Crippen molar-refractivity contribution in [3.63, 3.8) is 0 Å². The highest BCUT2D eigenvalue weighted by Crippen LogP contribution is 2.09. The third-order valence-electron chi connectivity index (χ3n) is 4.61. The van der Waals surface area contributed by atoms with E-state index in [0.717, 1.165) is 39.1 Å². The quantitative estimate of drug-likeness (QED) is 0.538. The van der Waals surface area contributed by atoms with Crippen molar-refractivity contribution in [2.45, 2.75) is 13.3 Å². The number of pyridine rings is 1. The average Bonchev–Trinajstić information content (AvgIpc) is 2.69. The number of hydrogen-bond donors (Lipinski definition) is 1. The molecule has 0 saturated carbocycles. The van der Waals surface area contributed by atoms with Crippen LogP contribution in [0.15, 0.2) is 36.3 Å². The van der Waals surface area contributed by atoms with Crippen LogP contribution >= 0.6 is 0 Å². The second-order valence-electron chi connectivity index (χ2n) is 6.31. The molecule has 2 N–H and O–H groups in total. The molecule has 1 aromatic rings. The molecule has 0 radical (unpaired) electrons. The normalized spacial score (nSPS) is 15.6. The van der Waals surface area contributed by atoms with Crippen LogP contribution in [0.2, 0.25) is 0 Å². The van der Waals surface area contributed by atoms with Gasteiger partial charge in [0.15, 0.2) is 0 Å². The fourth-order valence-corrected chi connectivity index (χ4v) is 2.98. The molecule has 7 nitrogen and oxygen atoms in total. The van der Waals surface area contributed by atoms with Gasteiger partial charge in [0.2, 0.25) is 0 Å². The Balaban J connectivity index is 1.94. The Kier molecular flexibility index (Phi) is 8.06. The summed E-state index contributed by atoms with van der Waals surface area (Å²) in [6, 6.07) is 6.04. The molecule has 0 aliphatic carbocycles. The van der Waals surface area contributed by atoms with E-state index in [-0.39, 0.29) is 11.5 Å². The molecule has 1 aliphatic rings. The lowest BCUT2D eigenvalue weighted by Crippen LogP contribution is -2.50. The van der Waals surface area contributed by atoms with Crippen LogP contribution in [0.3, 0.4) is 0 Å². The molecule has 7 heteroatoms. The summed E-state index contributed by atoms with van der Waals surface area (Å²) in [5.41, 5.74) is 6.97. The Labute approximate surface area is 155 Å². The van der Waals surface area contributed by atoms with Gasteiger partial charge in [-0.25, -0.2) is 0 Å².